The number of aryl methyl sites for hydroxylation is 2. The van der Waals surface area contributed by atoms with Gasteiger partial charge in [-0.15, -0.1) is 0 Å². The van der Waals surface area contributed by atoms with E-state index in [-0.39, 0.29) is 0 Å². The maximum atomic E-state index is 12.1. The number of nitrogens with zero attached hydrogens (tertiary/aromatic N) is 1. The highest BCUT2D eigenvalue weighted by atomic mass is 32.2. The summed E-state index contributed by atoms with van der Waals surface area (Å²) in [6.07, 6.45) is 5.32. The molecule has 1 aromatic carbocycles. The molecule has 0 saturated heterocycles. The molecule has 5 heteroatoms. The average Bonchev–Trinajstić information content (AvgIpc) is 2.60. The second-order valence-electron chi connectivity index (χ2n) is 7.31. The number of benzene rings is 1. The van der Waals surface area contributed by atoms with Gasteiger partial charge in [-0.2, -0.15) is 0 Å². The number of nitrogens with one attached hydrogen (secondary N) is 2. The summed E-state index contributed by atoms with van der Waals surface area (Å²) in [5.74, 6) is 1.66. The number of guanidine groups is 1. The fourth-order valence-electron chi connectivity index (χ4n) is 3.77. The molecule has 1 aliphatic rings. The van der Waals surface area contributed by atoms with Crippen LogP contribution in [-0.2, 0) is 17.2 Å². The van der Waals surface area contributed by atoms with Gasteiger partial charge in [0.25, 0.3) is 0 Å². The van der Waals surface area contributed by atoms with Gasteiger partial charge in [-0.05, 0) is 52.0 Å². The molecule has 3 unspecified atom stereocenters. The fraction of sp³-hybridized carbons (Fsp3) is 0.667. The van der Waals surface area contributed by atoms with Crippen molar-refractivity contribution in [1.29, 1.82) is 0 Å². The van der Waals surface area contributed by atoms with E-state index in [2.05, 4.69) is 49.6 Å². The number of hydrogen-bond donors (Lipinski definition) is 2. The van der Waals surface area contributed by atoms with Crippen molar-refractivity contribution in [3.63, 3.8) is 0 Å². The average molecular weight is 378 g/mol. The molecule has 1 aliphatic carbocycles. The third-order valence-electron chi connectivity index (χ3n) is 4.92. The molecule has 1 fully saturated rings. The maximum absolute atomic E-state index is 12.1. The van der Waals surface area contributed by atoms with Crippen molar-refractivity contribution in [1.82, 2.24) is 10.6 Å². The first-order valence-corrected chi connectivity index (χ1v) is 11.4. The minimum Gasteiger partial charge on any atom is -0.357 e. The molecule has 146 valence electrons. The molecule has 4 nitrogen and oxygen atoms in total. The van der Waals surface area contributed by atoms with Crippen LogP contribution in [0, 0.1) is 13.8 Å². The Labute approximate surface area is 161 Å². The van der Waals surface area contributed by atoms with Gasteiger partial charge in [-0.25, -0.2) is 0 Å². The molecule has 1 aromatic rings. The van der Waals surface area contributed by atoms with Crippen molar-refractivity contribution in [2.75, 3.05) is 18.8 Å². The van der Waals surface area contributed by atoms with Gasteiger partial charge in [0.15, 0.2) is 5.96 Å². The van der Waals surface area contributed by atoms with Gasteiger partial charge in [0.1, 0.15) is 0 Å². The second kappa shape index (κ2) is 10.7. The lowest BCUT2D eigenvalue weighted by molar-refractivity contribution is 0.413. The minimum atomic E-state index is -0.688. The van der Waals surface area contributed by atoms with E-state index in [1.807, 2.05) is 6.92 Å². The summed E-state index contributed by atoms with van der Waals surface area (Å²) < 4.78 is 12.1. The third kappa shape index (κ3) is 6.75. The Morgan fingerprint density at radius 1 is 1.19 bits per heavy atom. The zero-order chi connectivity index (χ0) is 18.9. The molecule has 2 rings (SSSR count). The van der Waals surface area contributed by atoms with Crippen molar-refractivity contribution in [2.24, 2.45) is 4.99 Å². The molecule has 0 radical (unpaired) electrons. The van der Waals surface area contributed by atoms with Crippen LogP contribution in [0.1, 0.15) is 56.2 Å². The highest BCUT2D eigenvalue weighted by molar-refractivity contribution is 7.85. The van der Waals surface area contributed by atoms with Gasteiger partial charge in [0.2, 0.25) is 0 Å². The van der Waals surface area contributed by atoms with Crippen molar-refractivity contribution in [2.45, 2.75) is 71.1 Å². The molecule has 2 N–H and O–H groups in total. The van der Waals surface area contributed by atoms with Gasteiger partial charge in [-0.3, -0.25) is 9.20 Å². The molecule has 0 aliphatic heterocycles. The highest BCUT2D eigenvalue weighted by Gasteiger charge is 2.25. The first-order valence-electron chi connectivity index (χ1n) is 10.0. The summed E-state index contributed by atoms with van der Waals surface area (Å²) in [5, 5.41) is 7.28. The third-order valence-corrected chi connectivity index (χ3v) is 6.66. The second-order valence-corrected chi connectivity index (χ2v) is 9.31. The number of aliphatic imine (C=N–C) groups is 1. The lowest BCUT2D eigenvalue weighted by Gasteiger charge is -2.30. The summed E-state index contributed by atoms with van der Waals surface area (Å²) >= 11 is 0. The molecule has 0 spiro atoms. The van der Waals surface area contributed by atoms with Gasteiger partial charge in [0, 0.05) is 40.9 Å². The minimum absolute atomic E-state index is 0.337. The molecule has 3 atom stereocenters. The molecule has 26 heavy (non-hydrogen) atoms. The van der Waals surface area contributed by atoms with Gasteiger partial charge in [0.05, 0.1) is 0 Å². The first-order chi connectivity index (χ1) is 12.5. The summed E-state index contributed by atoms with van der Waals surface area (Å²) in [6, 6.07) is 7.07. The largest absolute Gasteiger partial charge is 0.357 e. The van der Waals surface area contributed by atoms with E-state index in [4.69, 9.17) is 4.99 Å². The monoisotopic (exact) mass is 377 g/mol. The zero-order valence-electron chi connectivity index (χ0n) is 16.8. The smallest absolute Gasteiger partial charge is 0.191 e. The van der Waals surface area contributed by atoms with Crippen LogP contribution in [0.25, 0.3) is 0 Å². The predicted octanol–water partition coefficient (Wildman–Crippen LogP) is 3.48. The summed E-state index contributed by atoms with van der Waals surface area (Å²) in [5.41, 5.74) is 3.97. The Bertz CT molecular complexity index is 609. The van der Waals surface area contributed by atoms with E-state index < -0.39 is 10.8 Å². The van der Waals surface area contributed by atoms with Crippen LogP contribution in [0.2, 0.25) is 0 Å². The summed E-state index contributed by atoms with van der Waals surface area (Å²) in [7, 11) is -0.688. The lowest BCUT2D eigenvalue weighted by atomic mass is 9.95. The first kappa shape index (κ1) is 20.9. The van der Waals surface area contributed by atoms with Crippen molar-refractivity contribution < 1.29 is 4.21 Å². The highest BCUT2D eigenvalue weighted by Crippen LogP contribution is 2.23. The molecular weight excluding hydrogens is 342 g/mol. The molecule has 0 aromatic heterocycles. The van der Waals surface area contributed by atoms with E-state index >= 15 is 0 Å². The van der Waals surface area contributed by atoms with E-state index in [0.29, 0.717) is 11.3 Å². The topological polar surface area (TPSA) is 53.5 Å². The molecule has 0 heterocycles. The van der Waals surface area contributed by atoms with Crippen LogP contribution in [0.15, 0.2) is 23.2 Å². The normalized spacial score (nSPS) is 22.1. The van der Waals surface area contributed by atoms with Gasteiger partial charge in [-0.1, -0.05) is 42.7 Å². The Morgan fingerprint density at radius 2 is 1.92 bits per heavy atom. The molecule has 1 saturated carbocycles. The standard InChI is InChI=1S/C21H35N3OS/c1-5-22-21(23-11-10-18-13-16(3)12-17(4)14-18)24-19-8-7-9-20(15-19)26(25)6-2/h12-14,19-20H,5-11,15H2,1-4H3,(H2,22,23,24). The Hall–Kier alpha value is -1.36. The van der Waals surface area contributed by atoms with E-state index in [9.17, 15) is 4.21 Å². The molecule has 0 amide bonds. The summed E-state index contributed by atoms with van der Waals surface area (Å²) in [4.78, 5) is 4.77. The number of rotatable bonds is 7. The van der Waals surface area contributed by atoms with Crippen LogP contribution in [0.4, 0.5) is 0 Å². The fourth-order valence-corrected chi connectivity index (χ4v) is 5.12. The lowest BCUT2D eigenvalue weighted by Crippen LogP contribution is -2.46. The van der Waals surface area contributed by atoms with Gasteiger partial charge < -0.3 is 10.6 Å². The summed E-state index contributed by atoms with van der Waals surface area (Å²) in [6.45, 7) is 10.0. The van der Waals surface area contributed by atoms with Crippen molar-refractivity contribution in [3.05, 3.63) is 34.9 Å². The zero-order valence-corrected chi connectivity index (χ0v) is 17.6. The SMILES string of the molecule is CCNC(=NCCc1cc(C)cc(C)c1)NC1CCCC(S(=O)CC)C1. The van der Waals surface area contributed by atoms with Crippen LogP contribution in [0.3, 0.4) is 0 Å². The van der Waals surface area contributed by atoms with Crippen LogP contribution in [-0.4, -0.2) is 40.3 Å². The predicted molar refractivity (Wildman–Crippen MR) is 113 cm³/mol. The van der Waals surface area contributed by atoms with E-state index in [1.54, 1.807) is 0 Å². The van der Waals surface area contributed by atoms with Crippen molar-refractivity contribution in [3.8, 4) is 0 Å². The quantitative estimate of drug-likeness (QED) is 0.565. The van der Waals surface area contributed by atoms with Gasteiger partial charge >= 0.3 is 0 Å². The Balaban J connectivity index is 1.92. The van der Waals surface area contributed by atoms with Crippen LogP contribution in [0.5, 0.6) is 0 Å². The van der Waals surface area contributed by atoms with Crippen LogP contribution >= 0.6 is 0 Å². The van der Waals surface area contributed by atoms with Crippen LogP contribution < -0.4 is 10.6 Å². The molecule has 0 bridgehead atoms. The van der Waals surface area contributed by atoms with Crippen molar-refractivity contribution >= 4 is 16.8 Å². The number of hydrogen-bond acceptors (Lipinski definition) is 2. The van der Waals surface area contributed by atoms with E-state index in [0.717, 1.165) is 56.9 Å². The molecular formula is C21H35N3OS. The Morgan fingerprint density at radius 3 is 2.58 bits per heavy atom. The van der Waals surface area contributed by atoms with E-state index in [1.165, 1.54) is 16.7 Å². The maximum Gasteiger partial charge on any atom is 0.191 e. The Kier molecular flexibility index (Phi) is 8.63.